The Balaban J connectivity index is 0. The fourth-order valence-corrected chi connectivity index (χ4v) is 5.05. The molecule has 1 heterocycles. The van der Waals surface area contributed by atoms with Gasteiger partial charge in [-0.25, -0.2) is 0 Å². The third-order valence-corrected chi connectivity index (χ3v) is 7.06. The Morgan fingerprint density at radius 1 is 1.10 bits per heavy atom. The summed E-state index contributed by atoms with van der Waals surface area (Å²) in [4.78, 5) is 2.41. The molecule has 2 atom stereocenters. The van der Waals surface area contributed by atoms with Crippen molar-refractivity contribution in [2.75, 3.05) is 7.05 Å². The molecule has 2 unspecified atom stereocenters. The Hall–Kier alpha value is -2.58. The van der Waals surface area contributed by atoms with E-state index in [0.29, 0.717) is 12.0 Å². The van der Waals surface area contributed by atoms with Crippen LogP contribution in [0.4, 0.5) is 0 Å². The van der Waals surface area contributed by atoms with Gasteiger partial charge in [0.1, 0.15) is 0 Å². The van der Waals surface area contributed by atoms with Crippen LogP contribution >= 0.6 is 0 Å². The molecule has 2 heteroatoms. The minimum Gasteiger partial charge on any atom is -0.362 e. The average Bonchev–Trinajstić information content (AvgIpc) is 2.95. The first-order chi connectivity index (χ1) is 19.1. The number of nitrogens with zero attached hydrogens (tertiary/aromatic N) is 1. The van der Waals surface area contributed by atoms with Crippen molar-refractivity contribution in [2.24, 2.45) is 5.41 Å². The average molecular weight is 549 g/mol. The zero-order valence-electron chi connectivity index (χ0n) is 28.1. The molecule has 2 rings (SSSR count). The lowest BCUT2D eigenvalue weighted by Crippen LogP contribution is -2.40. The highest BCUT2D eigenvalue weighted by Crippen LogP contribution is 2.31. The molecule has 226 valence electrons. The first-order valence-electron chi connectivity index (χ1n) is 15.5. The van der Waals surface area contributed by atoms with Crippen LogP contribution < -0.4 is 5.32 Å². The maximum absolute atomic E-state index is 4.25. The zero-order chi connectivity index (χ0) is 31.3. The van der Waals surface area contributed by atoms with Crippen molar-refractivity contribution in [1.82, 2.24) is 10.2 Å². The molecule has 0 aromatic heterocycles. The van der Waals surface area contributed by atoms with Crippen molar-refractivity contribution in [1.29, 1.82) is 0 Å². The summed E-state index contributed by atoms with van der Waals surface area (Å²) in [5.41, 5.74) is 7.77. The van der Waals surface area contributed by atoms with Crippen LogP contribution in [0, 0.1) is 5.41 Å². The standard InChI is InChI=1S/C32H48N2.2C2H6.C2H4/c1-10-15-27(16-13-14-17-30(12-3)32(6,7)8)28-20-19-26(11-2)29(22-28)23-34(9)31-21-18-24(4)33-25(31)5;3*1-2/h11-12,14,17,19-20,22,27,31,33H,2,4-5,10,13,15-16,18,21,23H2,1,3,6-9H3;2*1-2H3;1-2H2/b17-14+,30-12+;;;. The molecular formula is C38H64N2. The van der Waals surface area contributed by atoms with Crippen molar-refractivity contribution in [3.05, 3.63) is 103 Å². The summed E-state index contributed by atoms with van der Waals surface area (Å²) in [5, 5.41) is 3.36. The molecule has 1 fully saturated rings. The predicted octanol–water partition coefficient (Wildman–Crippen LogP) is 11.6. The van der Waals surface area contributed by atoms with Crippen LogP contribution in [0.3, 0.4) is 0 Å². The summed E-state index contributed by atoms with van der Waals surface area (Å²) >= 11 is 0. The molecule has 1 N–H and O–H groups in total. The van der Waals surface area contributed by atoms with E-state index in [9.17, 15) is 0 Å². The SMILES string of the molecule is C=C.C=Cc1ccc(C(CCC)CC/C=C/C(=C\C)C(C)(C)C)cc1CN(C)C1CCC(=C)NC1=C.CC.CC. The van der Waals surface area contributed by atoms with Crippen molar-refractivity contribution >= 4 is 6.08 Å². The quantitative estimate of drug-likeness (QED) is 0.218. The molecular weight excluding hydrogens is 484 g/mol. The summed E-state index contributed by atoms with van der Waals surface area (Å²) < 4.78 is 0. The summed E-state index contributed by atoms with van der Waals surface area (Å²) in [6, 6.07) is 7.34. The number of hydrogen-bond donors (Lipinski definition) is 1. The molecule has 1 aromatic rings. The molecule has 0 bridgehead atoms. The van der Waals surface area contributed by atoms with Gasteiger partial charge in [0.2, 0.25) is 0 Å². The van der Waals surface area contributed by atoms with Gasteiger partial charge >= 0.3 is 0 Å². The molecule has 1 saturated heterocycles. The normalized spacial score (nSPS) is 16.1. The van der Waals surface area contributed by atoms with Gasteiger partial charge in [-0.05, 0) is 79.7 Å². The largest absolute Gasteiger partial charge is 0.362 e. The van der Waals surface area contributed by atoms with Crippen LogP contribution in [0.15, 0.2) is 86.3 Å². The van der Waals surface area contributed by atoms with E-state index in [1.165, 1.54) is 41.5 Å². The maximum atomic E-state index is 4.25. The fraction of sp³-hybridized carbons (Fsp3) is 0.526. The minimum atomic E-state index is 0.196. The molecule has 40 heavy (non-hydrogen) atoms. The number of benzene rings is 1. The van der Waals surface area contributed by atoms with Crippen LogP contribution in [-0.2, 0) is 6.54 Å². The minimum absolute atomic E-state index is 0.196. The second kappa shape index (κ2) is 22.1. The molecule has 0 saturated carbocycles. The highest BCUT2D eigenvalue weighted by Gasteiger charge is 2.24. The van der Waals surface area contributed by atoms with E-state index >= 15 is 0 Å². The van der Waals surface area contributed by atoms with Crippen molar-refractivity contribution < 1.29 is 0 Å². The number of likely N-dealkylation sites (N-methyl/N-ethyl adjacent to an activating group) is 1. The van der Waals surface area contributed by atoms with Gasteiger partial charge in [-0.2, -0.15) is 0 Å². The maximum Gasteiger partial charge on any atom is 0.0496 e. The van der Waals surface area contributed by atoms with Crippen LogP contribution in [0.5, 0.6) is 0 Å². The molecule has 0 radical (unpaired) electrons. The number of rotatable bonds is 11. The van der Waals surface area contributed by atoms with E-state index in [4.69, 9.17) is 0 Å². The van der Waals surface area contributed by atoms with Gasteiger partial charge in [0.15, 0.2) is 0 Å². The molecule has 1 aliphatic rings. The van der Waals surface area contributed by atoms with Gasteiger partial charge in [-0.15, -0.1) is 13.2 Å². The number of nitrogens with one attached hydrogen (secondary N) is 1. The Bertz CT molecular complexity index is 925. The molecule has 1 aliphatic heterocycles. The Morgan fingerprint density at radius 3 is 2.23 bits per heavy atom. The van der Waals surface area contributed by atoms with Crippen LogP contribution in [0.25, 0.3) is 6.08 Å². The van der Waals surface area contributed by atoms with Gasteiger partial charge < -0.3 is 5.32 Å². The highest BCUT2D eigenvalue weighted by molar-refractivity contribution is 5.53. The lowest BCUT2D eigenvalue weighted by molar-refractivity contribution is 0.235. The summed E-state index contributed by atoms with van der Waals surface area (Å²) in [6.07, 6.45) is 15.7. The second-order valence-electron chi connectivity index (χ2n) is 10.8. The number of allylic oxidation sites excluding steroid dienone is 5. The third-order valence-electron chi connectivity index (χ3n) is 7.06. The summed E-state index contributed by atoms with van der Waals surface area (Å²) in [7, 11) is 2.20. The molecule has 0 amide bonds. The van der Waals surface area contributed by atoms with Gasteiger partial charge in [0.25, 0.3) is 0 Å². The first kappa shape index (κ1) is 39.6. The first-order valence-corrected chi connectivity index (χ1v) is 15.5. The Kier molecular flexibility index (Phi) is 21.9. The van der Waals surface area contributed by atoms with Gasteiger partial charge in [0, 0.05) is 24.0 Å². The summed E-state index contributed by atoms with van der Waals surface area (Å²) in [5.74, 6) is 0.580. The fourth-order valence-electron chi connectivity index (χ4n) is 5.05. The molecule has 1 aromatic carbocycles. The smallest absolute Gasteiger partial charge is 0.0496 e. The van der Waals surface area contributed by atoms with Crippen LogP contribution in [-0.4, -0.2) is 18.0 Å². The summed E-state index contributed by atoms with van der Waals surface area (Å²) in [6.45, 7) is 38.6. The van der Waals surface area contributed by atoms with Gasteiger partial charge in [-0.3, -0.25) is 4.90 Å². The highest BCUT2D eigenvalue weighted by atomic mass is 15.2. The lowest BCUT2D eigenvalue weighted by atomic mass is 9.85. The second-order valence-corrected chi connectivity index (χ2v) is 10.8. The zero-order valence-corrected chi connectivity index (χ0v) is 28.1. The van der Waals surface area contributed by atoms with Gasteiger partial charge in [-0.1, -0.05) is 124 Å². The van der Waals surface area contributed by atoms with E-state index < -0.39 is 0 Å². The topological polar surface area (TPSA) is 15.3 Å². The van der Waals surface area contributed by atoms with Gasteiger partial charge in [0.05, 0.1) is 0 Å². The van der Waals surface area contributed by atoms with E-state index in [-0.39, 0.29) is 5.41 Å². The third kappa shape index (κ3) is 13.7. The van der Waals surface area contributed by atoms with E-state index in [2.05, 4.69) is 121 Å². The molecule has 0 spiro atoms. The number of hydrogen-bond acceptors (Lipinski definition) is 2. The molecule has 2 nitrogen and oxygen atoms in total. The predicted molar refractivity (Wildman–Crippen MR) is 186 cm³/mol. The van der Waals surface area contributed by atoms with Crippen molar-refractivity contribution in [3.63, 3.8) is 0 Å². The Morgan fingerprint density at radius 2 is 1.73 bits per heavy atom. The van der Waals surface area contributed by atoms with Crippen LogP contribution in [0.2, 0.25) is 0 Å². The van der Waals surface area contributed by atoms with Crippen molar-refractivity contribution in [3.8, 4) is 0 Å². The van der Waals surface area contributed by atoms with E-state index in [1.54, 1.807) is 0 Å². The number of piperidine rings is 1. The van der Waals surface area contributed by atoms with E-state index in [0.717, 1.165) is 37.2 Å². The molecule has 0 aliphatic carbocycles. The van der Waals surface area contributed by atoms with E-state index in [1.807, 2.05) is 33.8 Å². The Labute approximate surface area is 250 Å². The van der Waals surface area contributed by atoms with Crippen molar-refractivity contribution in [2.45, 2.75) is 119 Å². The monoisotopic (exact) mass is 549 g/mol. The van der Waals surface area contributed by atoms with Crippen LogP contribution in [0.1, 0.15) is 123 Å². The lowest BCUT2D eigenvalue weighted by Gasteiger charge is -2.35.